The van der Waals surface area contributed by atoms with Gasteiger partial charge < -0.3 is 5.32 Å². The van der Waals surface area contributed by atoms with Crippen LogP contribution in [0.3, 0.4) is 0 Å². The summed E-state index contributed by atoms with van der Waals surface area (Å²) in [7, 11) is 0. The van der Waals surface area contributed by atoms with E-state index in [0.717, 1.165) is 23.7 Å². The van der Waals surface area contributed by atoms with Crippen molar-refractivity contribution in [1.82, 2.24) is 0 Å². The first kappa shape index (κ1) is 11.0. The standard InChI is InChI=1S/C14H18N2/c1-11-6-7-13(9-15)8-14(11)16-10-12-4-2-3-5-12/h6-8,12,16H,2-5,10H2,1H3. The molecule has 1 fully saturated rings. The van der Waals surface area contributed by atoms with E-state index in [0.29, 0.717) is 0 Å². The molecule has 2 nitrogen and oxygen atoms in total. The lowest BCUT2D eigenvalue weighted by Crippen LogP contribution is -2.11. The molecule has 1 N–H and O–H groups in total. The van der Waals surface area contributed by atoms with E-state index in [9.17, 15) is 0 Å². The van der Waals surface area contributed by atoms with Crippen LogP contribution in [-0.4, -0.2) is 6.54 Å². The molecule has 1 aliphatic rings. The summed E-state index contributed by atoms with van der Waals surface area (Å²) in [6.45, 7) is 3.13. The van der Waals surface area contributed by atoms with E-state index in [1.807, 2.05) is 18.2 Å². The van der Waals surface area contributed by atoms with E-state index in [1.165, 1.54) is 31.2 Å². The molecule has 1 aliphatic carbocycles. The molecule has 2 heteroatoms. The molecular formula is C14H18N2. The first-order chi connectivity index (χ1) is 7.79. The largest absolute Gasteiger partial charge is 0.385 e. The van der Waals surface area contributed by atoms with Gasteiger partial charge in [-0.05, 0) is 43.4 Å². The summed E-state index contributed by atoms with van der Waals surface area (Å²) in [5.74, 6) is 0.824. The van der Waals surface area contributed by atoms with Gasteiger partial charge >= 0.3 is 0 Å². The number of benzene rings is 1. The Morgan fingerprint density at radius 2 is 2.12 bits per heavy atom. The van der Waals surface area contributed by atoms with Crippen molar-refractivity contribution < 1.29 is 0 Å². The summed E-state index contributed by atoms with van der Waals surface area (Å²) in [6.07, 6.45) is 5.46. The normalized spacial score (nSPS) is 16.0. The number of aryl methyl sites for hydroxylation is 1. The lowest BCUT2D eigenvalue weighted by atomic mass is 10.1. The minimum Gasteiger partial charge on any atom is -0.385 e. The smallest absolute Gasteiger partial charge is 0.0992 e. The van der Waals surface area contributed by atoms with Crippen LogP contribution in [0.1, 0.15) is 36.8 Å². The SMILES string of the molecule is Cc1ccc(C#N)cc1NCC1CCCC1. The van der Waals surface area contributed by atoms with E-state index in [4.69, 9.17) is 5.26 Å². The van der Waals surface area contributed by atoms with Crippen molar-refractivity contribution in [2.45, 2.75) is 32.6 Å². The molecule has 0 bridgehead atoms. The van der Waals surface area contributed by atoms with Gasteiger partial charge in [0.05, 0.1) is 11.6 Å². The van der Waals surface area contributed by atoms with Crippen molar-refractivity contribution in [1.29, 1.82) is 5.26 Å². The molecular weight excluding hydrogens is 196 g/mol. The van der Waals surface area contributed by atoms with Crippen molar-refractivity contribution >= 4 is 5.69 Å². The molecule has 0 unspecified atom stereocenters. The highest BCUT2D eigenvalue weighted by molar-refractivity contribution is 5.55. The average molecular weight is 214 g/mol. The van der Waals surface area contributed by atoms with E-state index in [1.54, 1.807) is 0 Å². The lowest BCUT2D eigenvalue weighted by molar-refractivity contribution is 0.579. The molecule has 1 aromatic carbocycles. The Hall–Kier alpha value is -1.49. The number of nitrogens with zero attached hydrogens (tertiary/aromatic N) is 1. The van der Waals surface area contributed by atoms with E-state index < -0.39 is 0 Å². The second kappa shape index (κ2) is 5.03. The first-order valence-corrected chi connectivity index (χ1v) is 6.04. The summed E-state index contributed by atoms with van der Waals surface area (Å²) in [5.41, 5.74) is 3.07. The zero-order chi connectivity index (χ0) is 11.4. The van der Waals surface area contributed by atoms with Crippen molar-refractivity contribution in [3.05, 3.63) is 29.3 Å². The quantitative estimate of drug-likeness (QED) is 0.836. The molecule has 0 radical (unpaired) electrons. The van der Waals surface area contributed by atoms with Crippen LogP contribution in [0.15, 0.2) is 18.2 Å². The average Bonchev–Trinajstić information content (AvgIpc) is 2.81. The number of nitrogens with one attached hydrogen (secondary N) is 1. The van der Waals surface area contributed by atoms with E-state index in [2.05, 4.69) is 18.3 Å². The molecule has 0 amide bonds. The van der Waals surface area contributed by atoms with E-state index in [-0.39, 0.29) is 0 Å². The Labute approximate surface area is 97.3 Å². The van der Waals surface area contributed by atoms with Gasteiger partial charge in [0.2, 0.25) is 0 Å². The van der Waals surface area contributed by atoms with Crippen LogP contribution in [-0.2, 0) is 0 Å². The fourth-order valence-electron chi connectivity index (χ4n) is 2.35. The number of rotatable bonds is 3. The highest BCUT2D eigenvalue weighted by atomic mass is 14.9. The second-order valence-corrected chi connectivity index (χ2v) is 4.67. The molecule has 0 spiro atoms. The maximum Gasteiger partial charge on any atom is 0.0992 e. The molecule has 1 saturated carbocycles. The maximum atomic E-state index is 8.85. The van der Waals surface area contributed by atoms with Crippen LogP contribution in [0.25, 0.3) is 0 Å². The van der Waals surface area contributed by atoms with Gasteiger partial charge in [-0.3, -0.25) is 0 Å². The monoisotopic (exact) mass is 214 g/mol. The van der Waals surface area contributed by atoms with Gasteiger partial charge in [0.15, 0.2) is 0 Å². The Morgan fingerprint density at radius 1 is 1.38 bits per heavy atom. The van der Waals surface area contributed by atoms with Gasteiger partial charge in [-0.1, -0.05) is 18.9 Å². The minimum atomic E-state index is 0.736. The van der Waals surface area contributed by atoms with Gasteiger partial charge in [-0.15, -0.1) is 0 Å². The maximum absolute atomic E-state index is 8.85. The highest BCUT2D eigenvalue weighted by Crippen LogP contribution is 2.25. The van der Waals surface area contributed by atoms with Crippen LogP contribution in [0.5, 0.6) is 0 Å². The van der Waals surface area contributed by atoms with Crippen LogP contribution >= 0.6 is 0 Å². The Balaban J connectivity index is 2.00. The first-order valence-electron chi connectivity index (χ1n) is 6.04. The zero-order valence-electron chi connectivity index (χ0n) is 9.79. The number of hydrogen-bond donors (Lipinski definition) is 1. The summed E-state index contributed by atoms with van der Waals surface area (Å²) in [4.78, 5) is 0. The predicted molar refractivity (Wildman–Crippen MR) is 66.3 cm³/mol. The number of anilines is 1. The topological polar surface area (TPSA) is 35.8 Å². The van der Waals surface area contributed by atoms with Crippen molar-refractivity contribution in [2.75, 3.05) is 11.9 Å². The Bertz CT molecular complexity index is 398. The molecule has 84 valence electrons. The Kier molecular flexibility index (Phi) is 3.46. The van der Waals surface area contributed by atoms with Crippen molar-refractivity contribution in [3.8, 4) is 6.07 Å². The highest BCUT2D eigenvalue weighted by Gasteiger charge is 2.14. The molecule has 0 aromatic heterocycles. The Morgan fingerprint density at radius 3 is 2.81 bits per heavy atom. The third-order valence-electron chi connectivity index (χ3n) is 3.42. The molecule has 2 rings (SSSR count). The molecule has 0 atom stereocenters. The van der Waals surface area contributed by atoms with Crippen molar-refractivity contribution in [3.63, 3.8) is 0 Å². The number of hydrogen-bond acceptors (Lipinski definition) is 2. The summed E-state index contributed by atoms with van der Waals surface area (Å²) < 4.78 is 0. The van der Waals surface area contributed by atoms with Crippen LogP contribution < -0.4 is 5.32 Å². The van der Waals surface area contributed by atoms with Crippen LogP contribution in [0, 0.1) is 24.2 Å². The van der Waals surface area contributed by atoms with Gasteiger partial charge in [0.1, 0.15) is 0 Å². The van der Waals surface area contributed by atoms with Crippen molar-refractivity contribution in [2.24, 2.45) is 5.92 Å². The fraction of sp³-hybridized carbons (Fsp3) is 0.500. The molecule has 0 heterocycles. The third kappa shape index (κ3) is 2.55. The summed E-state index contributed by atoms with van der Waals surface area (Å²) in [5, 5.41) is 12.3. The summed E-state index contributed by atoms with van der Waals surface area (Å²) in [6, 6.07) is 8.01. The number of nitriles is 1. The van der Waals surface area contributed by atoms with Crippen LogP contribution in [0.2, 0.25) is 0 Å². The molecule has 0 aliphatic heterocycles. The van der Waals surface area contributed by atoms with Gasteiger partial charge in [-0.25, -0.2) is 0 Å². The molecule has 0 saturated heterocycles. The predicted octanol–water partition coefficient (Wildman–Crippen LogP) is 3.47. The van der Waals surface area contributed by atoms with Gasteiger partial charge in [0.25, 0.3) is 0 Å². The van der Waals surface area contributed by atoms with Crippen LogP contribution in [0.4, 0.5) is 5.69 Å². The van der Waals surface area contributed by atoms with E-state index >= 15 is 0 Å². The third-order valence-corrected chi connectivity index (χ3v) is 3.42. The molecule has 16 heavy (non-hydrogen) atoms. The van der Waals surface area contributed by atoms with Gasteiger partial charge in [0, 0.05) is 12.2 Å². The fourth-order valence-corrected chi connectivity index (χ4v) is 2.35. The lowest BCUT2D eigenvalue weighted by Gasteiger charge is -2.13. The van der Waals surface area contributed by atoms with Gasteiger partial charge in [-0.2, -0.15) is 5.26 Å². The summed E-state index contributed by atoms with van der Waals surface area (Å²) >= 11 is 0. The zero-order valence-corrected chi connectivity index (χ0v) is 9.79. The molecule has 1 aromatic rings. The second-order valence-electron chi connectivity index (χ2n) is 4.67. The minimum absolute atomic E-state index is 0.736.